The third kappa shape index (κ3) is 1.47. The van der Waals surface area contributed by atoms with Crippen molar-refractivity contribution in [3.05, 3.63) is 58.9 Å². The summed E-state index contributed by atoms with van der Waals surface area (Å²) in [4.78, 5) is 0. The maximum Gasteiger partial charge on any atom is 0.123 e. The average Bonchev–Trinajstić information content (AvgIpc) is 2.72. The number of benzene rings is 2. The second-order valence-electron chi connectivity index (χ2n) is 6.33. The van der Waals surface area contributed by atoms with Crippen LogP contribution >= 0.6 is 0 Å². The van der Waals surface area contributed by atoms with Crippen LogP contribution in [0.3, 0.4) is 0 Å². The Morgan fingerprint density at radius 1 is 0.950 bits per heavy atom. The molecule has 0 radical (unpaired) electrons. The lowest BCUT2D eigenvalue weighted by Gasteiger charge is -2.36. The molecule has 0 amide bonds. The van der Waals surface area contributed by atoms with E-state index in [-0.39, 0.29) is 11.2 Å². The van der Waals surface area contributed by atoms with E-state index in [1.807, 2.05) is 6.07 Å². The van der Waals surface area contributed by atoms with Gasteiger partial charge in [-0.3, -0.25) is 0 Å². The molecule has 0 unspecified atom stereocenters. The fourth-order valence-electron chi connectivity index (χ4n) is 4.39. The van der Waals surface area contributed by atoms with Gasteiger partial charge >= 0.3 is 0 Å². The van der Waals surface area contributed by atoms with Gasteiger partial charge in [-0.1, -0.05) is 43.5 Å². The molecule has 0 aromatic heterocycles. The Morgan fingerprint density at radius 3 is 2.55 bits per heavy atom. The van der Waals surface area contributed by atoms with Gasteiger partial charge in [0.15, 0.2) is 0 Å². The fourth-order valence-corrected chi connectivity index (χ4v) is 4.39. The van der Waals surface area contributed by atoms with Crippen molar-refractivity contribution in [2.24, 2.45) is 0 Å². The number of halogens is 1. The molecule has 0 bridgehead atoms. The normalized spacial score (nSPS) is 18.9. The van der Waals surface area contributed by atoms with Crippen LogP contribution in [-0.4, -0.2) is 0 Å². The van der Waals surface area contributed by atoms with E-state index in [2.05, 4.69) is 25.1 Å². The summed E-state index contributed by atoms with van der Waals surface area (Å²) >= 11 is 0. The summed E-state index contributed by atoms with van der Waals surface area (Å²) in [6, 6.07) is 12.0. The molecule has 0 heterocycles. The summed E-state index contributed by atoms with van der Waals surface area (Å²) in [7, 11) is 0. The van der Waals surface area contributed by atoms with Crippen LogP contribution < -0.4 is 0 Å². The standard InChI is InChI=1S/C19H19F/c1-13-6-5-7-16-18(13)15-9-8-14(20)12-17(15)19(16)10-3-2-4-11-19/h5-9,12H,2-4,10-11H2,1H3. The van der Waals surface area contributed by atoms with E-state index in [4.69, 9.17) is 0 Å². The number of rotatable bonds is 0. The summed E-state index contributed by atoms with van der Waals surface area (Å²) in [5.41, 5.74) is 6.71. The zero-order chi connectivity index (χ0) is 13.7. The Kier molecular flexibility index (Phi) is 2.54. The zero-order valence-electron chi connectivity index (χ0n) is 11.9. The Morgan fingerprint density at radius 2 is 1.75 bits per heavy atom. The monoisotopic (exact) mass is 266 g/mol. The first kappa shape index (κ1) is 12.1. The second kappa shape index (κ2) is 4.18. The SMILES string of the molecule is Cc1cccc2c1-c1ccc(F)cc1C21CCCCC1. The minimum Gasteiger partial charge on any atom is -0.207 e. The van der Waals surface area contributed by atoms with Crippen molar-refractivity contribution in [3.63, 3.8) is 0 Å². The van der Waals surface area contributed by atoms with Crippen LogP contribution in [0.1, 0.15) is 48.8 Å². The van der Waals surface area contributed by atoms with Crippen LogP contribution in [-0.2, 0) is 5.41 Å². The Labute approximate surface area is 119 Å². The third-order valence-corrected chi connectivity index (χ3v) is 5.26. The van der Waals surface area contributed by atoms with Gasteiger partial charge in [-0.15, -0.1) is 0 Å². The van der Waals surface area contributed by atoms with E-state index in [1.165, 1.54) is 59.9 Å². The highest BCUT2D eigenvalue weighted by Crippen LogP contribution is 2.56. The molecule has 0 N–H and O–H groups in total. The van der Waals surface area contributed by atoms with Gasteiger partial charge in [0.2, 0.25) is 0 Å². The summed E-state index contributed by atoms with van der Waals surface area (Å²) in [5.74, 6) is -0.0980. The maximum absolute atomic E-state index is 13.8. The molecule has 1 spiro atoms. The topological polar surface area (TPSA) is 0 Å². The van der Waals surface area contributed by atoms with Crippen molar-refractivity contribution in [3.8, 4) is 11.1 Å². The van der Waals surface area contributed by atoms with Crippen LogP contribution in [0.15, 0.2) is 36.4 Å². The Bertz CT molecular complexity index is 678. The van der Waals surface area contributed by atoms with Gasteiger partial charge in [0.25, 0.3) is 0 Å². The van der Waals surface area contributed by atoms with Gasteiger partial charge in [-0.05, 0) is 59.7 Å². The molecular formula is C19H19F. The zero-order valence-corrected chi connectivity index (χ0v) is 11.9. The van der Waals surface area contributed by atoms with E-state index < -0.39 is 0 Å². The van der Waals surface area contributed by atoms with Gasteiger partial charge in [-0.25, -0.2) is 4.39 Å². The number of fused-ring (bicyclic) bond motifs is 5. The molecule has 20 heavy (non-hydrogen) atoms. The highest BCUT2D eigenvalue weighted by atomic mass is 19.1. The van der Waals surface area contributed by atoms with Crippen molar-refractivity contribution in [1.29, 1.82) is 0 Å². The van der Waals surface area contributed by atoms with Gasteiger partial charge in [0.05, 0.1) is 0 Å². The second-order valence-corrected chi connectivity index (χ2v) is 6.33. The lowest BCUT2D eigenvalue weighted by molar-refractivity contribution is 0.352. The largest absolute Gasteiger partial charge is 0.207 e. The van der Waals surface area contributed by atoms with Crippen molar-refractivity contribution in [1.82, 2.24) is 0 Å². The number of hydrogen-bond acceptors (Lipinski definition) is 0. The van der Waals surface area contributed by atoms with Gasteiger partial charge in [0.1, 0.15) is 5.82 Å². The quantitative estimate of drug-likeness (QED) is 0.601. The van der Waals surface area contributed by atoms with Crippen molar-refractivity contribution in [2.45, 2.75) is 44.4 Å². The van der Waals surface area contributed by atoms with Crippen molar-refractivity contribution in [2.75, 3.05) is 0 Å². The molecule has 1 heteroatoms. The van der Waals surface area contributed by atoms with E-state index in [1.54, 1.807) is 12.1 Å². The Hall–Kier alpha value is -1.63. The lowest BCUT2D eigenvalue weighted by Crippen LogP contribution is -2.28. The first-order chi connectivity index (χ1) is 9.72. The first-order valence-corrected chi connectivity index (χ1v) is 7.63. The molecule has 0 saturated heterocycles. The van der Waals surface area contributed by atoms with Crippen LogP contribution in [0.5, 0.6) is 0 Å². The molecule has 0 nitrogen and oxygen atoms in total. The smallest absolute Gasteiger partial charge is 0.123 e. The maximum atomic E-state index is 13.8. The predicted molar refractivity (Wildman–Crippen MR) is 80.4 cm³/mol. The van der Waals surface area contributed by atoms with E-state index in [9.17, 15) is 4.39 Å². The summed E-state index contributed by atoms with van der Waals surface area (Å²) in [5, 5.41) is 0. The molecule has 2 aliphatic carbocycles. The first-order valence-electron chi connectivity index (χ1n) is 7.63. The molecule has 102 valence electrons. The molecule has 1 saturated carbocycles. The molecule has 2 aliphatic rings. The minimum absolute atomic E-state index is 0.0804. The fraction of sp³-hybridized carbons (Fsp3) is 0.368. The van der Waals surface area contributed by atoms with Crippen molar-refractivity contribution >= 4 is 0 Å². The number of aryl methyl sites for hydroxylation is 1. The lowest BCUT2D eigenvalue weighted by atomic mass is 9.68. The summed E-state index contributed by atoms with van der Waals surface area (Å²) in [6.07, 6.45) is 6.15. The summed E-state index contributed by atoms with van der Waals surface area (Å²) in [6.45, 7) is 2.17. The average molecular weight is 266 g/mol. The van der Waals surface area contributed by atoms with Crippen LogP contribution in [0, 0.1) is 12.7 Å². The van der Waals surface area contributed by atoms with Gasteiger partial charge in [-0.2, -0.15) is 0 Å². The van der Waals surface area contributed by atoms with Gasteiger partial charge in [0, 0.05) is 5.41 Å². The predicted octanol–water partition coefficient (Wildman–Crippen LogP) is 5.36. The molecule has 1 fully saturated rings. The van der Waals surface area contributed by atoms with E-state index >= 15 is 0 Å². The summed E-state index contributed by atoms with van der Waals surface area (Å²) < 4.78 is 13.8. The molecular weight excluding hydrogens is 247 g/mol. The van der Waals surface area contributed by atoms with E-state index in [0.717, 1.165) is 0 Å². The van der Waals surface area contributed by atoms with Gasteiger partial charge < -0.3 is 0 Å². The molecule has 2 aromatic rings. The minimum atomic E-state index is -0.0980. The van der Waals surface area contributed by atoms with Crippen LogP contribution in [0.25, 0.3) is 11.1 Å². The third-order valence-electron chi connectivity index (χ3n) is 5.26. The highest BCUT2D eigenvalue weighted by Gasteiger charge is 2.44. The van der Waals surface area contributed by atoms with Crippen LogP contribution in [0.4, 0.5) is 4.39 Å². The van der Waals surface area contributed by atoms with E-state index in [0.29, 0.717) is 0 Å². The molecule has 0 atom stereocenters. The molecule has 4 rings (SSSR count). The van der Waals surface area contributed by atoms with Crippen LogP contribution in [0.2, 0.25) is 0 Å². The Balaban J connectivity index is 2.06. The highest BCUT2D eigenvalue weighted by molar-refractivity contribution is 5.83. The molecule has 0 aliphatic heterocycles. The van der Waals surface area contributed by atoms with Crippen molar-refractivity contribution < 1.29 is 4.39 Å². The number of hydrogen-bond donors (Lipinski definition) is 0. The molecule has 2 aromatic carbocycles.